The molecule has 0 saturated carbocycles. The minimum atomic E-state index is -2.88. The van der Waals surface area contributed by atoms with Crippen LogP contribution in [0.5, 0.6) is 11.5 Å². The zero-order valence-corrected chi connectivity index (χ0v) is 15.8. The van der Waals surface area contributed by atoms with Crippen LogP contribution < -0.4 is 14.8 Å². The molecule has 0 radical (unpaired) electrons. The van der Waals surface area contributed by atoms with Gasteiger partial charge in [0.1, 0.15) is 11.5 Å². The van der Waals surface area contributed by atoms with Crippen molar-refractivity contribution < 1.29 is 23.0 Å². The quantitative estimate of drug-likeness (QED) is 0.597. The first-order chi connectivity index (χ1) is 14.1. The van der Waals surface area contributed by atoms with Crippen LogP contribution in [-0.4, -0.2) is 19.6 Å². The summed E-state index contributed by atoms with van der Waals surface area (Å²) in [7, 11) is 1.56. The molecule has 0 aliphatic heterocycles. The van der Waals surface area contributed by atoms with Crippen LogP contribution in [0.3, 0.4) is 0 Å². The minimum absolute atomic E-state index is 0.0657. The molecule has 1 amide bonds. The van der Waals surface area contributed by atoms with E-state index in [1.54, 1.807) is 25.3 Å². The predicted molar refractivity (Wildman–Crippen MR) is 106 cm³/mol. The number of hydrogen-bond donors (Lipinski definition) is 1. The fourth-order valence-corrected chi connectivity index (χ4v) is 3.08. The molecular weight excluding hydrogens is 376 g/mol. The first-order valence-electron chi connectivity index (χ1n) is 9.08. The average Bonchev–Trinajstić information content (AvgIpc) is 2.73. The molecule has 0 aliphatic carbocycles. The highest BCUT2D eigenvalue weighted by atomic mass is 19.3. The summed E-state index contributed by atoms with van der Waals surface area (Å²) in [4.78, 5) is 12.8. The van der Waals surface area contributed by atoms with Crippen molar-refractivity contribution in [2.75, 3.05) is 7.11 Å². The van der Waals surface area contributed by atoms with Crippen LogP contribution in [-0.2, 0) is 11.2 Å². The lowest BCUT2D eigenvalue weighted by Gasteiger charge is -2.20. The molecule has 1 N–H and O–H groups in total. The van der Waals surface area contributed by atoms with E-state index in [2.05, 4.69) is 10.1 Å². The number of nitrogens with one attached hydrogen (secondary N) is 1. The van der Waals surface area contributed by atoms with Crippen molar-refractivity contribution >= 4 is 5.91 Å². The third-order valence-corrected chi connectivity index (χ3v) is 4.42. The van der Waals surface area contributed by atoms with E-state index in [9.17, 15) is 13.6 Å². The zero-order chi connectivity index (χ0) is 20.6. The van der Waals surface area contributed by atoms with Crippen molar-refractivity contribution in [1.29, 1.82) is 0 Å². The topological polar surface area (TPSA) is 47.6 Å². The summed E-state index contributed by atoms with van der Waals surface area (Å²) < 4.78 is 34.5. The van der Waals surface area contributed by atoms with Gasteiger partial charge in [0.15, 0.2) is 0 Å². The molecule has 6 heteroatoms. The molecule has 0 unspecified atom stereocenters. The Hall–Kier alpha value is -3.41. The number of benzene rings is 3. The Bertz CT molecular complexity index is 930. The number of rotatable bonds is 8. The lowest BCUT2D eigenvalue weighted by Crippen LogP contribution is -2.30. The summed E-state index contributed by atoms with van der Waals surface area (Å²) in [5, 5.41) is 3.03. The molecule has 0 spiro atoms. The third kappa shape index (κ3) is 5.54. The molecule has 4 nitrogen and oxygen atoms in total. The summed E-state index contributed by atoms with van der Waals surface area (Å²) >= 11 is 0. The van der Waals surface area contributed by atoms with Gasteiger partial charge < -0.3 is 14.8 Å². The molecule has 3 rings (SSSR count). The lowest BCUT2D eigenvalue weighted by atomic mass is 9.98. The van der Waals surface area contributed by atoms with Gasteiger partial charge in [0.05, 0.1) is 19.6 Å². The van der Waals surface area contributed by atoms with Gasteiger partial charge in [0.2, 0.25) is 5.91 Å². The third-order valence-electron chi connectivity index (χ3n) is 4.42. The molecule has 29 heavy (non-hydrogen) atoms. The van der Waals surface area contributed by atoms with Crippen LogP contribution in [0.1, 0.15) is 22.7 Å². The number of ether oxygens (including phenoxy) is 2. The fraction of sp³-hybridized carbons (Fsp3) is 0.174. The van der Waals surface area contributed by atoms with E-state index >= 15 is 0 Å². The van der Waals surface area contributed by atoms with E-state index in [1.165, 1.54) is 12.1 Å². The number of para-hydroxylation sites is 1. The van der Waals surface area contributed by atoms with Crippen molar-refractivity contribution in [3.8, 4) is 11.5 Å². The Morgan fingerprint density at radius 3 is 2.17 bits per heavy atom. The highest BCUT2D eigenvalue weighted by Crippen LogP contribution is 2.25. The number of carbonyl (C=O) groups excluding carboxylic acids is 1. The Kier molecular flexibility index (Phi) is 6.79. The lowest BCUT2D eigenvalue weighted by molar-refractivity contribution is -0.121. The molecule has 0 fully saturated rings. The van der Waals surface area contributed by atoms with Gasteiger partial charge >= 0.3 is 6.61 Å². The molecule has 0 aromatic heterocycles. The summed E-state index contributed by atoms with van der Waals surface area (Å²) in [5.41, 5.74) is 2.41. The number of methoxy groups -OCH3 is 1. The second-order valence-electron chi connectivity index (χ2n) is 6.35. The van der Waals surface area contributed by atoms with Crippen LogP contribution in [0.25, 0.3) is 0 Å². The number of carbonyl (C=O) groups is 1. The number of amides is 1. The summed E-state index contributed by atoms with van der Waals surface area (Å²) in [5.74, 6) is 0.527. The fourth-order valence-electron chi connectivity index (χ4n) is 3.08. The number of halogens is 2. The molecular formula is C23H21F2NO3. The molecule has 150 valence electrons. The number of hydrogen-bond acceptors (Lipinski definition) is 3. The average molecular weight is 397 g/mol. The molecule has 3 aromatic rings. The van der Waals surface area contributed by atoms with Crippen molar-refractivity contribution in [1.82, 2.24) is 5.32 Å². The summed E-state index contributed by atoms with van der Waals surface area (Å²) in [6.07, 6.45) is 0.153. The summed E-state index contributed by atoms with van der Waals surface area (Å²) in [6, 6.07) is 22.6. The SMILES string of the molecule is COc1ccccc1CC(=O)N[C@H](c1ccccc1)c1ccc(OC(F)F)cc1. The highest BCUT2D eigenvalue weighted by molar-refractivity contribution is 5.80. The standard InChI is InChI=1S/C23H21F2NO3/c1-28-20-10-6-5-9-18(20)15-21(27)26-22(16-7-3-2-4-8-16)17-11-13-19(14-12-17)29-23(24)25/h2-14,22-23H,15H2,1H3,(H,26,27)/t22-/m1/s1. The molecule has 3 aromatic carbocycles. The number of alkyl halides is 2. The molecule has 0 heterocycles. The van der Waals surface area contributed by atoms with Crippen molar-refractivity contribution in [2.24, 2.45) is 0 Å². The smallest absolute Gasteiger partial charge is 0.387 e. The van der Waals surface area contributed by atoms with Gasteiger partial charge in [-0.2, -0.15) is 8.78 Å². The van der Waals surface area contributed by atoms with Gasteiger partial charge in [-0.3, -0.25) is 4.79 Å². The van der Waals surface area contributed by atoms with Gasteiger partial charge in [0.25, 0.3) is 0 Å². The molecule has 0 saturated heterocycles. The predicted octanol–water partition coefficient (Wildman–Crippen LogP) is 4.74. The maximum Gasteiger partial charge on any atom is 0.387 e. The van der Waals surface area contributed by atoms with E-state index in [0.29, 0.717) is 5.75 Å². The Balaban J connectivity index is 1.82. The van der Waals surface area contributed by atoms with Crippen LogP contribution in [0.2, 0.25) is 0 Å². The van der Waals surface area contributed by atoms with E-state index < -0.39 is 12.7 Å². The van der Waals surface area contributed by atoms with Crippen molar-refractivity contribution in [3.63, 3.8) is 0 Å². The minimum Gasteiger partial charge on any atom is -0.496 e. The first-order valence-corrected chi connectivity index (χ1v) is 9.08. The maximum absolute atomic E-state index is 12.8. The molecule has 1 atom stereocenters. The van der Waals surface area contributed by atoms with E-state index in [-0.39, 0.29) is 18.1 Å². The van der Waals surface area contributed by atoms with Crippen LogP contribution in [0.4, 0.5) is 8.78 Å². The van der Waals surface area contributed by atoms with Crippen molar-refractivity contribution in [3.05, 3.63) is 95.6 Å². The second kappa shape index (κ2) is 9.68. The van der Waals surface area contributed by atoms with Gasteiger partial charge in [-0.1, -0.05) is 60.7 Å². The Labute approximate surface area is 168 Å². The zero-order valence-electron chi connectivity index (χ0n) is 15.8. The second-order valence-corrected chi connectivity index (χ2v) is 6.35. The maximum atomic E-state index is 12.8. The Morgan fingerprint density at radius 2 is 1.52 bits per heavy atom. The van der Waals surface area contributed by atoms with Crippen LogP contribution >= 0.6 is 0 Å². The molecule has 0 aliphatic rings. The monoisotopic (exact) mass is 397 g/mol. The van der Waals surface area contributed by atoms with Gasteiger partial charge in [-0.25, -0.2) is 0 Å². The largest absolute Gasteiger partial charge is 0.496 e. The van der Waals surface area contributed by atoms with Crippen LogP contribution in [0, 0.1) is 0 Å². The summed E-state index contributed by atoms with van der Waals surface area (Å²) in [6.45, 7) is -2.88. The Morgan fingerprint density at radius 1 is 0.897 bits per heavy atom. The van der Waals surface area contributed by atoms with E-state index in [0.717, 1.165) is 16.7 Å². The first kappa shape index (κ1) is 20.3. The van der Waals surface area contributed by atoms with Crippen molar-refractivity contribution in [2.45, 2.75) is 19.1 Å². The van der Waals surface area contributed by atoms with Gasteiger partial charge in [0, 0.05) is 5.56 Å². The normalized spacial score (nSPS) is 11.7. The van der Waals surface area contributed by atoms with Gasteiger partial charge in [-0.05, 0) is 29.3 Å². The van der Waals surface area contributed by atoms with Gasteiger partial charge in [-0.15, -0.1) is 0 Å². The van der Waals surface area contributed by atoms with E-state index in [4.69, 9.17) is 4.74 Å². The van der Waals surface area contributed by atoms with E-state index in [1.807, 2.05) is 48.5 Å². The van der Waals surface area contributed by atoms with Crippen LogP contribution in [0.15, 0.2) is 78.9 Å². The molecule has 0 bridgehead atoms. The highest BCUT2D eigenvalue weighted by Gasteiger charge is 2.18.